The van der Waals surface area contributed by atoms with Crippen LogP contribution >= 0.6 is 11.3 Å². The van der Waals surface area contributed by atoms with Gasteiger partial charge >= 0.3 is 0 Å². The van der Waals surface area contributed by atoms with Crippen LogP contribution in [0.25, 0.3) is 10.1 Å². The maximum atomic E-state index is 10.1. The van der Waals surface area contributed by atoms with E-state index in [1.807, 2.05) is 0 Å². The van der Waals surface area contributed by atoms with Gasteiger partial charge in [0.1, 0.15) is 0 Å². The lowest BCUT2D eigenvalue weighted by atomic mass is 10.1. The van der Waals surface area contributed by atoms with E-state index in [1.165, 1.54) is 26.9 Å². The summed E-state index contributed by atoms with van der Waals surface area (Å²) < 4.78 is 1.32. The summed E-state index contributed by atoms with van der Waals surface area (Å²) >= 11 is 1.77. The highest BCUT2D eigenvalue weighted by molar-refractivity contribution is 7.19. The van der Waals surface area contributed by atoms with Crippen molar-refractivity contribution in [2.45, 2.75) is 31.8 Å². The molecule has 1 aliphatic rings. The van der Waals surface area contributed by atoms with Gasteiger partial charge in [0, 0.05) is 9.58 Å². The van der Waals surface area contributed by atoms with Crippen LogP contribution in [0.3, 0.4) is 0 Å². The first-order valence-corrected chi connectivity index (χ1v) is 6.36. The third-order valence-corrected chi connectivity index (χ3v) is 4.50. The van der Waals surface area contributed by atoms with Gasteiger partial charge in [-0.05, 0) is 36.3 Å². The van der Waals surface area contributed by atoms with Crippen LogP contribution in [0.15, 0.2) is 24.3 Å². The summed E-state index contributed by atoms with van der Waals surface area (Å²) in [5, 5.41) is 11.4. The predicted octanol–water partition coefficient (Wildman–Crippen LogP) is 3.66. The zero-order valence-corrected chi connectivity index (χ0v) is 9.39. The number of thiophene rings is 1. The molecule has 0 fully saturated rings. The maximum Gasteiger partial charge on any atom is 0.0885 e. The molecule has 2 heteroatoms. The van der Waals surface area contributed by atoms with E-state index in [0.717, 1.165) is 19.3 Å². The van der Waals surface area contributed by atoms with Gasteiger partial charge in [0.05, 0.1) is 6.10 Å². The zero-order chi connectivity index (χ0) is 10.3. The molecule has 1 aromatic heterocycles. The highest BCUT2D eigenvalue weighted by atomic mass is 32.1. The zero-order valence-electron chi connectivity index (χ0n) is 8.57. The van der Waals surface area contributed by atoms with Crippen LogP contribution in [0.4, 0.5) is 0 Å². The van der Waals surface area contributed by atoms with Crippen molar-refractivity contribution in [1.82, 2.24) is 0 Å². The number of hydrogen-bond donors (Lipinski definition) is 1. The Labute approximate surface area is 93.4 Å². The molecule has 1 nitrogen and oxygen atoms in total. The third-order valence-electron chi connectivity index (χ3n) is 3.19. The van der Waals surface area contributed by atoms with E-state index in [2.05, 4.69) is 24.3 Å². The SMILES string of the molecule is O[C@H]1CCCCc2c1sc1ccccc21. The minimum Gasteiger partial charge on any atom is -0.388 e. The fourth-order valence-corrected chi connectivity index (χ4v) is 3.69. The lowest BCUT2D eigenvalue weighted by Gasteiger charge is -2.05. The van der Waals surface area contributed by atoms with Gasteiger partial charge in [-0.25, -0.2) is 0 Å². The minimum absolute atomic E-state index is 0.222. The van der Waals surface area contributed by atoms with Crippen molar-refractivity contribution in [3.8, 4) is 0 Å². The van der Waals surface area contributed by atoms with Crippen LogP contribution in [0, 0.1) is 0 Å². The van der Waals surface area contributed by atoms with Crippen molar-refractivity contribution >= 4 is 21.4 Å². The highest BCUT2D eigenvalue weighted by Gasteiger charge is 2.20. The minimum atomic E-state index is -0.222. The van der Waals surface area contributed by atoms with Crippen LogP contribution in [-0.2, 0) is 6.42 Å². The van der Waals surface area contributed by atoms with E-state index in [4.69, 9.17) is 0 Å². The van der Waals surface area contributed by atoms with Gasteiger partial charge in [-0.2, -0.15) is 0 Å². The first-order chi connectivity index (χ1) is 7.36. The van der Waals surface area contributed by atoms with Gasteiger partial charge in [-0.1, -0.05) is 24.6 Å². The Morgan fingerprint density at radius 2 is 2.07 bits per heavy atom. The summed E-state index contributed by atoms with van der Waals surface area (Å²) in [4.78, 5) is 1.22. The molecule has 1 aliphatic carbocycles. The van der Waals surface area contributed by atoms with Crippen LogP contribution in [-0.4, -0.2) is 5.11 Å². The van der Waals surface area contributed by atoms with Gasteiger partial charge < -0.3 is 5.11 Å². The Bertz CT molecular complexity index is 486. The molecule has 1 heterocycles. The van der Waals surface area contributed by atoms with Gasteiger partial charge in [0.15, 0.2) is 0 Å². The fourth-order valence-electron chi connectivity index (χ4n) is 2.42. The van der Waals surface area contributed by atoms with E-state index in [9.17, 15) is 5.11 Å². The number of aryl methyl sites for hydroxylation is 1. The largest absolute Gasteiger partial charge is 0.388 e. The smallest absolute Gasteiger partial charge is 0.0885 e. The van der Waals surface area contributed by atoms with Gasteiger partial charge in [-0.3, -0.25) is 0 Å². The quantitative estimate of drug-likeness (QED) is 0.669. The number of aliphatic hydroxyl groups is 1. The number of fused-ring (bicyclic) bond motifs is 3. The summed E-state index contributed by atoms with van der Waals surface area (Å²) in [5.74, 6) is 0. The van der Waals surface area contributed by atoms with Crippen LogP contribution in [0.2, 0.25) is 0 Å². The number of aliphatic hydroxyl groups excluding tert-OH is 1. The lowest BCUT2D eigenvalue weighted by Crippen LogP contribution is -1.93. The topological polar surface area (TPSA) is 20.2 Å². The average molecular weight is 218 g/mol. The molecule has 0 saturated heterocycles. The summed E-state index contributed by atoms with van der Waals surface area (Å²) in [5.41, 5.74) is 1.40. The normalized spacial score (nSPS) is 21.3. The summed E-state index contributed by atoms with van der Waals surface area (Å²) in [6.07, 6.45) is 4.21. The average Bonchev–Trinajstić information content (AvgIpc) is 2.54. The highest BCUT2D eigenvalue weighted by Crippen LogP contribution is 2.39. The molecule has 15 heavy (non-hydrogen) atoms. The van der Waals surface area contributed by atoms with E-state index < -0.39 is 0 Å². The molecule has 3 rings (SSSR count). The van der Waals surface area contributed by atoms with Crippen molar-refractivity contribution in [2.75, 3.05) is 0 Å². The van der Waals surface area contributed by atoms with Crippen molar-refractivity contribution < 1.29 is 5.11 Å². The molecule has 1 atom stereocenters. The van der Waals surface area contributed by atoms with E-state index in [-0.39, 0.29) is 6.10 Å². The Balaban J connectivity index is 2.26. The van der Waals surface area contributed by atoms with Gasteiger partial charge in [0.25, 0.3) is 0 Å². The molecule has 1 aromatic carbocycles. The molecule has 0 saturated carbocycles. The summed E-state index contributed by atoms with van der Waals surface area (Å²) in [7, 11) is 0. The van der Waals surface area contributed by atoms with E-state index in [1.54, 1.807) is 11.3 Å². The molecular formula is C13H14OS. The molecule has 0 spiro atoms. The monoisotopic (exact) mass is 218 g/mol. The molecule has 78 valence electrons. The van der Waals surface area contributed by atoms with Crippen molar-refractivity contribution in [2.24, 2.45) is 0 Å². The number of benzene rings is 1. The second kappa shape index (κ2) is 3.62. The Kier molecular flexibility index (Phi) is 2.26. The Hall–Kier alpha value is -0.860. The molecule has 1 N–H and O–H groups in total. The first-order valence-electron chi connectivity index (χ1n) is 5.54. The second-order valence-corrected chi connectivity index (χ2v) is 5.29. The Morgan fingerprint density at radius 1 is 1.20 bits per heavy atom. The Morgan fingerprint density at radius 3 is 3.00 bits per heavy atom. The van der Waals surface area contributed by atoms with Crippen LogP contribution < -0.4 is 0 Å². The summed E-state index contributed by atoms with van der Waals surface area (Å²) in [6.45, 7) is 0. The molecule has 0 aliphatic heterocycles. The van der Waals surface area contributed by atoms with Gasteiger partial charge in [0.2, 0.25) is 0 Å². The molecule has 0 bridgehead atoms. The first kappa shape index (κ1) is 9.37. The molecule has 0 unspecified atom stereocenters. The predicted molar refractivity (Wildman–Crippen MR) is 64.3 cm³/mol. The third kappa shape index (κ3) is 1.48. The second-order valence-electron chi connectivity index (χ2n) is 4.20. The van der Waals surface area contributed by atoms with Crippen molar-refractivity contribution in [1.29, 1.82) is 0 Å². The van der Waals surface area contributed by atoms with Crippen molar-refractivity contribution in [3.63, 3.8) is 0 Å². The number of rotatable bonds is 0. The molecule has 0 radical (unpaired) electrons. The van der Waals surface area contributed by atoms with Gasteiger partial charge in [-0.15, -0.1) is 11.3 Å². The molecule has 2 aromatic rings. The molecular weight excluding hydrogens is 204 g/mol. The van der Waals surface area contributed by atoms with Crippen LogP contribution in [0.1, 0.15) is 35.8 Å². The maximum absolute atomic E-state index is 10.1. The fraction of sp³-hybridized carbons (Fsp3) is 0.385. The standard InChI is InChI=1S/C13H14OS/c14-11-7-3-1-6-10-9-5-2-4-8-12(9)15-13(10)11/h2,4-5,8,11,14H,1,3,6-7H2/t11-/m0/s1. The van der Waals surface area contributed by atoms with E-state index >= 15 is 0 Å². The number of hydrogen-bond acceptors (Lipinski definition) is 2. The summed E-state index contributed by atoms with van der Waals surface area (Å²) in [6, 6.07) is 8.50. The van der Waals surface area contributed by atoms with Crippen molar-refractivity contribution in [3.05, 3.63) is 34.7 Å². The lowest BCUT2D eigenvalue weighted by molar-refractivity contribution is 0.170. The van der Waals surface area contributed by atoms with E-state index in [0.29, 0.717) is 0 Å². The molecule has 0 amide bonds. The van der Waals surface area contributed by atoms with Crippen LogP contribution in [0.5, 0.6) is 0 Å².